The third-order valence-electron chi connectivity index (χ3n) is 5.07. The van der Waals surface area contributed by atoms with E-state index in [1.165, 1.54) is 24.3 Å². The Kier molecular flexibility index (Phi) is 8.77. The highest BCUT2D eigenvalue weighted by Gasteiger charge is 2.32. The van der Waals surface area contributed by atoms with E-state index in [1.54, 1.807) is 18.5 Å². The monoisotopic (exact) mass is 480 g/mol. The summed E-state index contributed by atoms with van der Waals surface area (Å²) < 4.78 is 26.8. The van der Waals surface area contributed by atoms with Crippen LogP contribution in [-0.2, 0) is 24.4 Å². The fraction of sp³-hybridized carbons (Fsp3) is 0.450. The number of aromatic amines is 1. The number of hydrogen-bond acceptors (Lipinski definition) is 8. The lowest BCUT2D eigenvalue weighted by Gasteiger charge is -2.16. The quantitative estimate of drug-likeness (QED) is 0.219. The summed E-state index contributed by atoms with van der Waals surface area (Å²) in [5.74, 6) is -1.18. The number of imidazole rings is 1. The number of carbonyl (C=O) groups excluding carboxylic acids is 1. The van der Waals surface area contributed by atoms with Gasteiger partial charge in [0.2, 0.25) is 10.0 Å². The molecule has 6 N–H and O–H groups in total. The van der Waals surface area contributed by atoms with Crippen molar-refractivity contribution >= 4 is 27.8 Å². The molecule has 0 bridgehead atoms. The minimum absolute atomic E-state index is 0.00350. The molecule has 3 unspecified atom stereocenters. The molecule has 1 saturated heterocycles. The van der Waals surface area contributed by atoms with Gasteiger partial charge < -0.3 is 20.7 Å². The van der Waals surface area contributed by atoms with Crippen LogP contribution in [0.5, 0.6) is 0 Å². The first-order chi connectivity index (χ1) is 15.8. The first-order valence-corrected chi connectivity index (χ1v) is 12.1. The lowest BCUT2D eigenvalue weighted by atomic mass is 10.0. The van der Waals surface area contributed by atoms with Crippen LogP contribution in [-0.4, -0.2) is 66.6 Å². The number of benzene rings is 1. The van der Waals surface area contributed by atoms with E-state index >= 15 is 0 Å². The van der Waals surface area contributed by atoms with Crippen molar-refractivity contribution in [3.8, 4) is 0 Å². The number of rotatable bonds is 13. The number of aliphatic carboxylic acids is 1. The minimum atomic E-state index is -4.05. The topological polar surface area (TPSA) is 175 Å². The van der Waals surface area contributed by atoms with Gasteiger partial charge in [-0.05, 0) is 25.0 Å². The molecule has 2 aromatic rings. The second-order valence-electron chi connectivity index (χ2n) is 7.59. The molecule has 3 atom stereocenters. The average molecular weight is 481 g/mol. The molecule has 180 valence electrons. The molecule has 13 heteroatoms. The van der Waals surface area contributed by atoms with Crippen LogP contribution in [0.2, 0.25) is 0 Å². The number of nitrogens with zero attached hydrogens (tertiary/aromatic N) is 1. The number of carboxylic acid groups (broad SMARTS) is 1. The molecule has 1 amide bonds. The highest BCUT2D eigenvalue weighted by molar-refractivity contribution is 7.89. The van der Waals surface area contributed by atoms with Crippen molar-refractivity contribution in [3.63, 3.8) is 0 Å². The summed E-state index contributed by atoms with van der Waals surface area (Å²) in [5.41, 5.74) is 2.83. The van der Waals surface area contributed by atoms with Gasteiger partial charge in [-0.3, -0.25) is 14.4 Å². The molecule has 2 heterocycles. The van der Waals surface area contributed by atoms with Crippen molar-refractivity contribution in [2.45, 2.75) is 48.8 Å². The summed E-state index contributed by atoms with van der Waals surface area (Å²) in [5, 5.41) is 15.0. The van der Waals surface area contributed by atoms with Crippen LogP contribution in [0.1, 0.15) is 25.7 Å². The van der Waals surface area contributed by atoms with Crippen molar-refractivity contribution in [1.29, 1.82) is 0 Å². The van der Waals surface area contributed by atoms with Gasteiger partial charge in [-0.1, -0.05) is 24.6 Å². The number of hydrogen-bond donors (Lipinski definition) is 6. The summed E-state index contributed by atoms with van der Waals surface area (Å²) in [4.78, 5) is 36.2. The predicted molar refractivity (Wildman–Crippen MR) is 119 cm³/mol. The van der Waals surface area contributed by atoms with Gasteiger partial charge in [-0.25, -0.2) is 13.4 Å². The molecule has 1 aromatic heterocycles. The van der Waals surface area contributed by atoms with E-state index in [2.05, 4.69) is 30.8 Å². The van der Waals surface area contributed by atoms with Gasteiger partial charge in [-0.15, -0.1) is 0 Å². The van der Waals surface area contributed by atoms with E-state index in [-0.39, 0.29) is 10.9 Å². The summed E-state index contributed by atoms with van der Waals surface area (Å²) >= 11 is 0. The predicted octanol–water partition coefficient (Wildman–Crippen LogP) is 0.202. The zero-order chi connectivity index (χ0) is 23.7. The summed E-state index contributed by atoms with van der Waals surface area (Å²) in [6, 6.07) is 5.89. The Bertz CT molecular complexity index is 1000. The molecular formula is C20H28N6O6S. The van der Waals surface area contributed by atoms with E-state index in [0.29, 0.717) is 6.42 Å². The number of carboxylic acids is 1. The number of carbonyl (C=O) groups is 2. The molecule has 1 aliphatic rings. The minimum Gasteiger partial charge on any atom is -0.480 e. The highest BCUT2D eigenvalue weighted by Crippen LogP contribution is 2.16. The van der Waals surface area contributed by atoms with Gasteiger partial charge in [0, 0.05) is 37.9 Å². The Hall–Kier alpha value is -3.00. The lowest BCUT2D eigenvalue weighted by molar-refractivity contribution is -0.139. The Morgan fingerprint density at radius 1 is 1.24 bits per heavy atom. The van der Waals surface area contributed by atoms with Gasteiger partial charge >= 0.3 is 5.97 Å². The first kappa shape index (κ1) is 24.6. The highest BCUT2D eigenvalue weighted by atomic mass is 32.2. The van der Waals surface area contributed by atoms with E-state index in [0.717, 1.165) is 31.8 Å². The lowest BCUT2D eigenvalue weighted by Crippen LogP contribution is -2.49. The van der Waals surface area contributed by atoms with E-state index in [9.17, 15) is 23.1 Å². The van der Waals surface area contributed by atoms with Crippen molar-refractivity contribution in [3.05, 3.63) is 42.7 Å². The zero-order valence-corrected chi connectivity index (χ0v) is 18.7. The number of anilines is 1. The molecule has 3 rings (SSSR count). The van der Waals surface area contributed by atoms with Gasteiger partial charge in [0.1, 0.15) is 6.04 Å². The Morgan fingerprint density at radius 2 is 2.03 bits per heavy atom. The standard InChI is InChI=1S/C20H28N6O6S/c27-18(17-12-14(25-32-17)6-4-5-9-21-20-22-10-11-23-20)24-13-16(19(28)29)26-33(30,31)15-7-2-1-3-8-15/h1-3,7-8,10-11,14,16-17,25-26H,4-6,9,12-13H2,(H,24,27)(H,28,29)(H2,21,22,23). The van der Waals surface area contributed by atoms with E-state index in [4.69, 9.17) is 4.84 Å². The zero-order valence-electron chi connectivity index (χ0n) is 17.9. The SMILES string of the molecule is O=C(O)C(CNC(=O)C1CC(CCCCNc2ncc[nH]2)NO1)NS(=O)(=O)c1ccccc1. The maximum absolute atomic E-state index is 12.4. The molecular weight excluding hydrogens is 452 g/mol. The van der Waals surface area contributed by atoms with Crippen molar-refractivity contribution in [2.75, 3.05) is 18.4 Å². The fourth-order valence-corrected chi connectivity index (χ4v) is 4.52. The molecule has 0 saturated carbocycles. The summed E-state index contributed by atoms with van der Waals surface area (Å²) in [7, 11) is -4.05. The van der Waals surface area contributed by atoms with Crippen LogP contribution in [0, 0.1) is 0 Å². The largest absolute Gasteiger partial charge is 0.480 e. The molecule has 33 heavy (non-hydrogen) atoms. The number of hydroxylamine groups is 1. The van der Waals surface area contributed by atoms with Crippen LogP contribution in [0.25, 0.3) is 0 Å². The van der Waals surface area contributed by atoms with E-state index in [1.807, 2.05) is 0 Å². The molecule has 1 fully saturated rings. The number of nitrogens with one attached hydrogen (secondary N) is 5. The Balaban J connectivity index is 1.38. The second kappa shape index (κ2) is 11.7. The maximum atomic E-state index is 12.4. The number of sulfonamides is 1. The maximum Gasteiger partial charge on any atom is 0.323 e. The first-order valence-electron chi connectivity index (χ1n) is 10.6. The summed E-state index contributed by atoms with van der Waals surface area (Å²) in [6.45, 7) is 0.351. The van der Waals surface area contributed by atoms with Crippen LogP contribution >= 0.6 is 0 Å². The van der Waals surface area contributed by atoms with Crippen LogP contribution in [0.4, 0.5) is 5.95 Å². The average Bonchev–Trinajstić information content (AvgIpc) is 3.49. The van der Waals surface area contributed by atoms with Crippen LogP contribution in [0.15, 0.2) is 47.6 Å². The van der Waals surface area contributed by atoms with Crippen LogP contribution < -0.4 is 20.8 Å². The van der Waals surface area contributed by atoms with Crippen molar-refractivity contribution in [1.82, 2.24) is 25.5 Å². The Morgan fingerprint density at radius 3 is 2.73 bits per heavy atom. The molecule has 1 aliphatic heterocycles. The van der Waals surface area contributed by atoms with Crippen molar-refractivity contribution < 1.29 is 28.0 Å². The molecule has 0 aliphatic carbocycles. The smallest absolute Gasteiger partial charge is 0.323 e. The van der Waals surface area contributed by atoms with Gasteiger partial charge in [0.15, 0.2) is 12.1 Å². The molecule has 12 nitrogen and oxygen atoms in total. The third-order valence-corrected chi connectivity index (χ3v) is 6.56. The van der Waals surface area contributed by atoms with Gasteiger partial charge in [0.05, 0.1) is 4.90 Å². The third kappa shape index (κ3) is 7.53. The number of aromatic nitrogens is 2. The fourth-order valence-electron chi connectivity index (χ4n) is 3.31. The van der Waals surface area contributed by atoms with E-state index < -0.39 is 40.6 Å². The molecule has 0 radical (unpaired) electrons. The van der Waals surface area contributed by atoms with Gasteiger partial charge in [-0.2, -0.15) is 10.2 Å². The number of H-pyrrole nitrogens is 1. The van der Waals surface area contributed by atoms with Crippen molar-refractivity contribution in [2.24, 2.45) is 0 Å². The molecule has 1 aromatic carbocycles. The second-order valence-corrected chi connectivity index (χ2v) is 9.30. The number of amides is 1. The van der Waals surface area contributed by atoms with Gasteiger partial charge in [0.25, 0.3) is 5.91 Å². The normalized spacial score (nSPS) is 19.2. The summed E-state index contributed by atoms with van der Waals surface area (Å²) in [6.07, 6.45) is 5.69. The molecule has 0 spiro atoms. The van der Waals surface area contributed by atoms with Crippen LogP contribution in [0.3, 0.4) is 0 Å². The Labute approximate surface area is 191 Å². The number of unbranched alkanes of at least 4 members (excludes halogenated alkanes) is 1.